The van der Waals surface area contributed by atoms with Gasteiger partial charge in [0.1, 0.15) is 5.82 Å². The summed E-state index contributed by atoms with van der Waals surface area (Å²) in [4.78, 5) is 4.70. The number of ether oxygens (including phenoxy) is 1. The van der Waals surface area contributed by atoms with Gasteiger partial charge in [-0.2, -0.15) is 0 Å². The van der Waals surface area contributed by atoms with Crippen molar-refractivity contribution in [2.75, 3.05) is 13.7 Å². The average molecular weight is 290 g/mol. The molecule has 2 atom stereocenters. The largest absolute Gasteiger partial charge is 0.393 e. The monoisotopic (exact) mass is 290 g/mol. The van der Waals surface area contributed by atoms with Crippen molar-refractivity contribution in [1.29, 1.82) is 0 Å². The Labute approximate surface area is 126 Å². The Bertz CT molecular complexity index is 565. The fourth-order valence-corrected chi connectivity index (χ4v) is 2.87. The summed E-state index contributed by atoms with van der Waals surface area (Å²) < 4.78 is 7.37. The van der Waals surface area contributed by atoms with Crippen molar-refractivity contribution in [2.24, 2.45) is 5.92 Å². The number of fused-ring (bicyclic) bond motifs is 1. The summed E-state index contributed by atoms with van der Waals surface area (Å²) in [5.41, 5.74) is 2.17. The van der Waals surface area contributed by atoms with Crippen LogP contribution in [0, 0.1) is 5.92 Å². The molecule has 2 unspecified atom stereocenters. The van der Waals surface area contributed by atoms with Gasteiger partial charge in [-0.1, -0.05) is 26.0 Å². The number of methoxy groups -OCH3 is 1. The van der Waals surface area contributed by atoms with Gasteiger partial charge >= 0.3 is 0 Å². The summed E-state index contributed by atoms with van der Waals surface area (Å²) in [6.45, 7) is 5.88. The van der Waals surface area contributed by atoms with Crippen molar-refractivity contribution in [3.05, 3.63) is 30.1 Å². The Morgan fingerprint density at radius 1 is 1.33 bits per heavy atom. The first kappa shape index (κ1) is 16.0. The molecule has 1 heterocycles. The van der Waals surface area contributed by atoms with Gasteiger partial charge in [-0.25, -0.2) is 4.98 Å². The van der Waals surface area contributed by atoms with Crippen LogP contribution < -0.4 is 0 Å². The van der Waals surface area contributed by atoms with Crippen LogP contribution >= 0.6 is 0 Å². The van der Waals surface area contributed by atoms with E-state index >= 15 is 0 Å². The van der Waals surface area contributed by atoms with E-state index in [-0.39, 0.29) is 6.10 Å². The van der Waals surface area contributed by atoms with Gasteiger partial charge in [-0.05, 0) is 30.9 Å². The fourth-order valence-electron chi connectivity index (χ4n) is 2.87. The molecule has 4 nitrogen and oxygen atoms in total. The highest BCUT2D eigenvalue weighted by Crippen LogP contribution is 2.19. The number of nitrogens with zero attached hydrogens (tertiary/aromatic N) is 2. The molecular formula is C17H26N2O2. The molecule has 0 fully saturated rings. The van der Waals surface area contributed by atoms with Gasteiger partial charge in [-0.3, -0.25) is 0 Å². The lowest BCUT2D eigenvalue weighted by atomic mass is 10.0. The van der Waals surface area contributed by atoms with Gasteiger partial charge in [0.25, 0.3) is 0 Å². The maximum atomic E-state index is 10.3. The topological polar surface area (TPSA) is 47.3 Å². The number of hydrogen-bond acceptors (Lipinski definition) is 3. The molecule has 0 spiro atoms. The number of aryl methyl sites for hydroxylation is 1. The predicted octanol–water partition coefficient (Wildman–Crippen LogP) is 3.02. The fraction of sp³-hybridized carbons (Fsp3) is 0.588. The van der Waals surface area contributed by atoms with Crippen molar-refractivity contribution in [2.45, 2.75) is 45.8 Å². The van der Waals surface area contributed by atoms with E-state index < -0.39 is 0 Å². The van der Waals surface area contributed by atoms with E-state index in [0.29, 0.717) is 18.9 Å². The molecule has 2 aromatic rings. The highest BCUT2D eigenvalue weighted by Gasteiger charge is 2.16. The van der Waals surface area contributed by atoms with Crippen molar-refractivity contribution in [3.8, 4) is 0 Å². The van der Waals surface area contributed by atoms with Crippen LogP contribution in [0.5, 0.6) is 0 Å². The van der Waals surface area contributed by atoms with E-state index in [0.717, 1.165) is 36.2 Å². The van der Waals surface area contributed by atoms with E-state index in [1.165, 1.54) is 0 Å². The first-order chi connectivity index (χ1) is 10.2. The lowest BCUT2D eigenvalue weighted by molar-refractivity contribution is 0.100. The van der Waals surface area contributed by atoms with Crippen LogP contribution in [0.2, 0.25) is 0 Å². The number of aromatic nitrogens is 2. The molecule has 4 heteroatoms. The zero-order valence-electron chi connectivity index (χ0n) is 13.2. The molecule has 1 N–H and O–H groups in total. The third-order valence-corrected chi connectivity index (χ3v) is 3.72. The Kier molecular flexibility index (Phi) is 5.76. The molecular weight excluding hydrogens is 264 g/mol. The van der Waals surface area contributed by atoms with E-state index in [1.807, 2.05) is 18.2 Å². The van der Waals surface area contributed by atoms with E-state index in [9.17, 15) is 5.11 Å². The van der Waals surface area contributed by atoms with Gasteiger partial charge in [0.2, 0.25) is 0 Å². The number of hydrogen-bond donors (Lipinski definition) is 1. The summed E-state index contributed by atoms with van der Waals surface area (Å²) in [5.74, 6) is 1.34. The summed E-state index contributed by atoms with van der Waals surface area (Å²) >= 11 is 0. The normalized spacial score (nSPS) is 14.5. The molecule has 0 aliphatic rings. The molecule has 2 rings (SSSR count). The summed E-state index contributed by atoms with van der Waals surface area (Å²) in [7, 11) is 1.70. The SMILES string of the molecule is CCCn1c(CC(O)CC(C)COC)nc2ccccc21. The minimum absolute atomic E-state index is 0.356. The van der Waals surface area contributed by atoms with Crippen LogP contribution in [0.15, 0.2) is 24.3 Å². The van der Waals surface area contributed by atoms with Gasteiger partial charge in [-0.15, -0.1) is 0 Å². The third kappa shape index (κ3) is 4.05. The molecule has 1 aromatic carbocycles. The second-order valence-electron chi connectivity index (χ2n) is 5.82. The number of benzene rings is 1. The molecule has 21 heavy (non-hydrogen) atoms. The van der Waals surface area contributed by atoms with Crippen molar-refractivity contribution in [1.82, 2.24) is 9.55 Å². The highest BCUT2D eigenvalue weighted by atomic mass is 16.5. The molecule has 0 amide bonds. The molecule has 0 bridgehead atoms. The second kappa shape index (κ2) is 7.57. The van der Waals surface area contributed by atoms with Crippen LogP contribution in [-0.2, 0) is 17.7 Å². The molecule has 116 valence electrons. The van der Waals surface area contributed by atoms with E-state index in [1.54, 1.807) is 7.11 Å². The predicted molar refractivity (Wildman–Crippen MR) is 85.4 cm³/mol. The van der Waals surface area contributed by atoms with Crippen molar-refractivity contribution < 1.29 is 9.84 Å². The van der Waals surface area contributed by atoms with Crippen molar-refractivity contribution in [3.63, 3.8) is 0 Å². The first-order valence-electron chi connectivity index (χ1n) is 7.76. The van der Waals surface area contributed by atoms with Crippen LogP contribution in [0.1, 0.15) is 32.5 Å². The number of rotatable bonds is 8. The Morgan fingerprint density at radius 2 is 2.10 bits per heavy atom. The van der Waals surface area contributed by atoms with Gasteiger partial charge in [0.05, 0.1) is 17.1 Å². The minimum atomic E-state index is -0.373. The lowest BCUT2D eigenvalue weighted by Crippen LogP contribution is -2.19. The molecule has 1 aromatic heterocycles. The summed E-state index contributed by atoms with van der Waals surface area (Å²) in [6, 6.07) is 8.18. The molecule has 0 aliphatic carbocycles. The van der Waals surface area contributed by atoms with Crippen LogP contribution in [0.25, 0.3) is 11.0 Å². The third-order valence-electron chi connectivity index (χ3n) is 3.72. The number of imidazole rings is 1. The first-order valence-corrected chi connectivity index (χ1v) is 7.76. The zero-order valence-corrected chi connectivity index (χ0v) is 13.2. The Morgan fingerprint density at radius 3 is 2.81 bits per heavy atom. The van der Waals surface area contributed by atoms with Crippen LogP contribution in [0.3, 0.4) is 0 Å². The molecule has 0 aliphatic heterocycles. The number of para-hydroxylation sites is 2. The molecule has 0 saturated carbocycles. The van der Waals surface area contributed by atoms with Crippen LogP contribution in [-0.4, -0.2) is 34.5 Å². The van der Waals surface area contributed by atoms with E-state index in [4.69, 9.17) is 9.72 Å². The Balaban J connectivity index is 2.15. The van der Waals surface area contributed by atoms with Gasteiger partial charge < -0.3 is 14.4 Å². The minimum Gasteiger partial charge on any atom is -0.393 e. The highest BCUT2D eigenvalue weighted by molar-refractivity contribution is 5.75. The molecule has 0 radical (unpaired) electrons. The van der Waals surface area contributed by atoms with Crippen molar-refractivity contribution >= 4 is 11.0 Å². The lowest BCUT2D eigenvalue weighted by Gasteiger charge is -2.16. The standard InChI is InChI=1S/C17H26N2O2/c1-4-9-19-16-8-6-5-7-15(16)18-17(19)11-14(20)10-13(2)12-21-3/h5-8,13-14,20H,4,9-12H2,1-3H3. The quantitative estimate of drug-likeness (QED) is 0.813. The second-order valence-corrected chi connectivity index (χ2v) is 5.82. The van der Waals surface area contributed by atoms with E-state index in [2.05, 4.69) is 24.5 Å². The smallest absolute Gasteiger partial charge is 0.112 e. The zero-order chi connectivity index (χ0) is 15.2. The summed E-state index contributed by atoms with van der Waals surface area (Å²) in [6.07, 6.45) is 2.03. The maximum absolute atomic E-state index is 10.3. The summed E-state index contributed by atoms with van der Waals surface area (Å²) in [5, 5.41) is 10.3. The molecule has 0 saturated heterocycles. The van der Waals surface area contributed by atoms with Gasteiger partial charge in [0, 0.05) is 26.7 Å². The maximum Gasteiger partial charge on any atom is 0.112 e. The number of aliphatic hydroxyl groups excluding tert-OH is 1. The average Bonchev–Trinajstić information content (AvgIpc) is 2.77. The van der Waals surface area contributed by atoms with Gasteiger partial charge in [0.15, 0.2) is 0 Å². The van der Waals surface area contributed by atoms with Crippen LogP contribution in [0.4, 0.5) is 0 Å². The number of aliphatic hydroxyl groups is 1. The Hall–Kier alpha value is -1.39.